The smallest absolute Gasteiger partial charge is 0.224 e. The molecule has 4 nitrogen and oxygen atoms in total. The zero-order valence-corrected chi connectivity index (χ0v) is 15.0. The maximum Gasteiger partial charge on any atom is 0.224 e. The molecule has 0 radical (unpaired) electrons. The van der Waals surface area contributed by atoms with Crippen molar-refractivity contribution >= 4 is 24.0 Å². The van der Waals surface area contributed by atoms with Crippen LogP contribution in [0.2, 0.25) is 0 Å². The summed E-state index contributed by atoms with van der Waals surface area (Å²) in [6, 6.07) is 14.7. The van der Waals surface area contributed by atoms with Gasteiger partial charge >= 0.3 is 0 Å². The second-order valence-corrected chi connectivity index (χ2v) is 6.51. The van der Waals surface area contributed by atoms with Crippen molar-refractivity contribution in [1.82, 2.24) is 4.90 Å². The highest BCUT2D eigenvalue weighted by atomic mass is 35.5. The summed E-state index contributed by atoms with van der Waals surface area (Å²) in [5.74, 6) is 0.917. The lowest BCUT2D eigenvalue weighted by molar-refractivity contribution is -0.116. The molecule has 2 aromatic rings. The molecular formula is C20H23ClN2O2. The third kappa shape index (κ3) is 4.14. The molecule has 0 saturated heterocycles. The predicted octanol–water partition coefficient (Wildman–Crippen LogP) is 3.43. The van der Waals surface area contributed by atoms with E-state index in [4.69, 9.17) is 4.74 Å². The van der Waals surface area contributed by atoms with Gasteiger partial charge in [0, 0.05) is 37.8 Å². The van der Waals surface area contributed by atoms with Gasteiger partial charge in [-0.2, -0.15) is 0 Å². The highest BCUT2D eigenvalue weighted by molar-refractivity contribution is 5.94. The monoisotopic (exact) mass is 358 g/mol. The number of anilines is 1. The van der Waals surface area contributed by atoms with Gasteiger partial charge in [0.1, 0.15) is 12.4 Å². The quantitative estimate of drug-likeness (QED) is 0.910. The van der Waals surface area contributed by atoms with Crippen molar-refractivity contribution in [2.24, 2.45) is 0 Å². The van der Waals surface area contributed by atoms with Gasteiger partial charge in [0.05, 0.1) is 0 Å². The standard InChI is InChI=1S/C20H22N2O2.ClH/c23-20-8-6-16-5-7-18(13-19(16)21-20)24-12-11-22-10-9-15-3-1-2-4-17(15)14-22;/h1-5,7,13H,6,8-12,14H2,(H,21,23);1H. The van der Waals surface area contributed by atoms with Crippen LogP contribution in [0.25, 0.3) is 0 Å². The first-order valence-electron chi connectivity index (χ1n) is 8.63. The molecule has 2 heterocycles. The minimum atomic E-state index is 0. The molecule has 132 valence electrons. The van der Waals surface area contributed by atoms with E-state index in [9.17, 15) is 4.79 Å². The molecule has 0 fully saturated rings. The Kier molecular flexibility index (Phi) is 5.61. The maximum absolute atomic E-state index is 11.5. The number of ether oxygens (including phenoxy) is 1. The fourth-order valence-electron chi connectivity index (χ4n) is 3.48. The summed E-state index contributed by atoms with van der Waals surface area (Å²) < 4.78 is 5.91. The highest BCUT2D eigenvalue weighted by Gasteiger charge is 2.17. The van der Waals surface area contributed by atoms with Gasteiger partial charge in [0.15, 0.2) is 0 Å². The number of fused-ring (bicyclic) bond motifs is 2. The Balaban J connectivity index is 0.00000182. The summed E-state index contributed by atoms with van der Waals surface area (Å²) in [5.41, 5.74) is 4.99. The zero-order valence-electron chi connectivity index (χ0n) is 14.2. The molecule has 0 atom stereocenters. The van der Waals surface area contributed by atoms with Gasteiger partial charge < -0.3 is 10.1 Å². The van der Waals surface area contributed by atoms with E-state index in [1.54, 1.807) is 0 Å². The number of hydrogen-bond acceptors (Lipinski definition) is 3. The average Bonchev–Trinajstić information content (AvgIpc) is 2.61. The molecule has 2 aliphatic heterocycles. The molecule has 2 aromatic carbocycles. The van der Waals surface area contributed by atoms with Gasteiger partial charge in [-0.25, -0.2) is 0 Å². The van der Waals surface area contributed by atoms with E-state index in [0.717, 1.165) is 43.9 Å². The van der Waals surface area contributed by atoms with Crippen molar-refractivity contribution in [3.63, 3.8) is 0 Å². The van der Waals surface area contributed by atoms with Crippen molar-refractivity contribution in [2.45, 2.75) is 25.8 Å². The largest absolute Gasteiger partial charge is 0.492 e. The number of carbonyl (C=O) groups excluding carboxylic acids is 1. The second kappa shape index (κ2) is 7.89. The molecule has 0 unspecified atom stereocenters. The van der Waals surface area contributed by atoms with Crippen LogP contribution in [0.5, 0.6) is 5.75 Å². The molecule has 1 amide bonds. The van der Waals surface area contributed by atoms with E-state index in [-0.39, 0.29) is 18.3 Å². The Morgan fingerprint density at radius 1 is 1.00 bits per heavy atom. The number of carbonyl (C=O) groups is 1. The van der Waals surface area contributed by atoms with E-state index in [0.29, 0.717) is 13.0 Å². The van der Waals surface area contributed by atoms with Crippen LogP contribution < -0.4 is 10.1 Å². The summed E-state index contributed by atoms with van der Waals surface area (Å²) in [4.78, 5) is 13.9. The number of halogens is 1. The highest BCUT2D eigenvalue weighted by Crippen LogP contribution is 2.27. The van der Waals surface area contributed by atoms with Crippen LogP contribution in [0, 0.1) is 0 Å². The Hall–Kier alpha value is -2.04. The van der Waals surface area contributed by atoms with Crippen LogP contribution in [0.1, 0.15) is 23.1 Å². The molecule has 0 bridgehead atoms. The van der Waals surface area contributed by atoms with E-state index >= 15 is 0 Å². The fourth-order valence-corrected chi connectivity index (χ4v) is 3.48. The Morgan fingerprint density at radius 2 is 1.84 bits per heavy atom. The number of aryl methyl sites for hydroxylation is 1. The summed E-state index contributed by atoms with van der Waals surface area (Å²) in [5, 5.41) is 2.92. The second-order valence-electron chi connectivity index (χ2n) is 6.51. The number of amides is 1. The molecular weight excluding hydrogens is 336 g/mol. The number of benzene rings is 2. The van der Waals surface area contributed by atoms with Gasteiger partial charge in [-0.1, -0.05) is 30.3 Å². The average molecular weight is 359 g/mol. The van der Waals surface area contributed by atoms with Gasteiger partial charge in [-0.3, -0.25) is 9.69 Å². The van der Waals surface area contributed by atoms with Crippen LogP contribution in [0.4, 0.5) is 5.69 Å². The molecule has 1 N–H and O–H groups in total. The van der Waals surface area contributed by atoms with Crippen LogP contribution in [-0.4, -0.2) is 30.5 Å². The normalized spacial score (nSPS) is 16.2. The van der Waals surface area contributed by atoms with Gasteiger partial charge in [0.25, 0.3) is 0 Å². The lowest BCUT2D eigenvalue weighted by Crippen LogP contribution is -2.33. The van der Waals surface area contributed by atoms with Crippen molar-refractivity contribution in [1.29, 1.82) is 0 Å². The van der Waals surface area contributed by atoms with Crippen molar-refractivity contribution in [3.8, 4) is 5.75 Å². The SMILES string of the molecule is Cl.O=C1CCc2ccc(OCCN3CCc4ccccc4C3)cc2N1. The van der Waals surface area contributed by atoms with Crippen LogP contribution in [0.15, 0.2) is 42.5 Å². The first kappa shape index (κ1) is 17.8. The lowest BCUT2D eigenvalue weighted by Gasteiger charge is -2.28. The first-order valence-corrected chi connectivity index (χ1v) is 8.63. The number of nitrogens with zero attached hydrogens (tertiary/aromatic N) is 1. The topological polar surface area (TPSA) is 41.6 Å². The van der Waals surface area contributed by atoms with E-state index in [1.807, 2.05) is 12.1 Å². The molecule has 25 heavy (non-hydrogen) atoms. The fraction of sp³-hybridized carbons (Fsp3) is 0.350. The molecule has 4 rings (SSSR count). The molecule has 0 aromatic heterocycles. The van der Waals surface area contributed by atoms with Gasteiger partial charge in [-0.15, -0.1) is 12.4 Å². The van der Waals surface area contributed by atoms with Gasteiger partial charge in [0.2, 0.25) is 5.91 Å². The first-order chi connectivity index (χ1) is 11.8. The molecule has 0 spiro atoms. The molecule has 0 saturated carbocycles. The minimum Gasteiger partial charge on any atom is -0.492 e. The minimum absolute atomic E-state index is 0. The molecule has 0 aliphatic carbocycles. The van der Waals surface area contributed by atoms with E-state index in [2.05, 4.69) is 40.5 Å². The van der Waals surface area contributed by atoms with Crippen LogP contribution in [0.3, 0.4) is 0 Å². The van der Waals surface area contributed by atoms with E-state index < -0.39 is 0 Å². The molecule has 5 heteroatoms. The number of hydrogen-bond donors (Lipinski definition) is 1. The number of rotatable bonds is 4. The number of nitrogens with one attached hydrogen (secondary N) is 1. The predicted molar refractivity (Wildman–Crippen MR) is 102 cm³/mol. The zero-order chi connectivity index (χ0) is 16.4. The summed E-state index contributed by atoms with van der Waals surface area (Å²) in [7, 11) is 0. The Labute approximate surface area is 154 Å². The third-order valence-corrected chi connectivity index (χ3v) is 4.86. The maximum atomic E-state index is 11.5. The summed E-state index contributed by atoms with van der Waals surface area (Å²) >= 11 is 0. The van der Waals surface area contributed by atoms with Crippen LogP contribution in [-0.2, 0) is 24.2 Å². The Morgan fingerprint density at radius 3 is 2.72 bits per heavy atom. The molecule has 2 aliphatic rings. The van der Waals surface area contributed by atoms with Crippen molar-refractivity contribution in [3.05, 3.63) is 59.2 Å². The summed E-state index contributed by atoms with van der Waals surface area (Å²) in [6.45, 7) is 3.66. The van der Waals surface area contributed by atoms with E-state index in [1.165, 1.54) is 16.7 Å². The lowest BCUT2D eigenvalue weighted by atomic mass is 10.0. The summed E-state index contributed by atoms with van der Waals surface area (Å²) in [6.07, 6.45) is 2.50. The Bertz CT molecular complexity index is 763. The third-order valence-electron chi connectivity index (χ3n) is 4.86. The van der Waals surface area contributed by atoms with Crippen molar-refractivity contribution in [2.75, 3.05) is 25.0 Å². The van der Waals surface area contributed by atoms with Crippen LogP contribution >= 0.6 is 12.4 Å². The van der Waals surface area contributed by atoms with Gasteiger partial charge in [-0.05, 0) is 35.6 Å². The van der Waals surface area contributed by atoms with Crippen molar-refractivity contribution < 1.29 is 9.53 Å².